The van der Waals surface area contributed by atoms with Crippen molar-refractivity contribution >= 4 is 27.0 Å². The van der Waals surface area contributed by atoms with Crippen LogP contribution in [0.3, 0.4) is 0 Å². The van der Waals surface area contributed by atoms with Gasteiger partial charge in [0.15, 0.2) is 0 Å². The zero-order valence-corrected chi connectivity index (χ0v) is 17.2. The Hall–Kier alpha value is -2.91. The molecule has 0 radical (unpaired) electrons. The third-order valence-corrected chi connectivity index (χ3v) is 7.26. The van der Waals surface area contributed by atoms with E-state index >= 15 is 0 Å². The molecule has 0 atom stereocenters. The zero-order chi connectivity index (χ0) is 21.1. The molecular formula is C21H23FN4O3S. The lowest BCUT2D eigenvalue weighted by Gasteiger charge is -2.34. The predicted octanol–water partition coefficient (Wildman–Crippen LogP) is 2.57. The summed E-state index contributed by atoms with van der Waals surface area (Å²) in [6.07, 6.45) is 2.64. The van der Waals surface area contributed by atoms with E-state index in [1.54, 1.807) is 4.90 Å². The Labute approximate surface area is 174 Å². The lowest BCUT2D eigenvalue weighted by Crippen LogP contribution is -2.53. The van der Waals surface area contributed by atoms with E-state index in [-0.39, 0.29) is 37.1 Å². The van der Waals surface area contributed by atoms with E-state index in [1.807, 2.05) is 30.5 Å². The molecule has 1 fully saturated rings. The third kappa shape index (κ3) is 4.03. The maximum Gasteiger partial charge on any atom is 0.317 e. The van der Waals surface area contributed by atoms with Crippen LogP contribution < -0.4 is 5.32 Å². The van der Waals surface area contributed by atoms with Gasteiger partial charge < -0.3 is 15.2 Å². The number of aromatic nitrogens is 1. The first-order valence-electron chi connectivity index (χ1n) is 9.79. The molecule has 0 spiro atoms. The van der Waals surface area contributed by atoms with Crippen molar-refractivity contribution in [3.8, 4) is 0 Å². The smallest absolute Gasteiger partial charge is 0.317 e. The van der Waals surface area contributed by atoms with E-state index < -0.39 is 15.8 Å². The molecule has 1 saturated heterocycles. The maximum absolute atomic E-state index is 13.9. The number of H-pyrrole nitrogens is 1. The van der Waals surface area contributed by atoms with E-state index in [4.69, 9.17) is 0 Å². The Balaban J connectivity index is 1.30. The zero-order valence-electron chi connectivity index (χ0n) is 16.3. The standard InChI is InChI=1S/C21H23FN4O3S/c22-18-6-2-4-8-20(18)30(28,29)26-13-11-25(12-14-26)21(27)23-10-9-16-15-24-19-7-3-1-5-17(16)19/h1-8,15,24H,9-14H2,(H,23,27). The number of hydrogen-bond donors (Lipinski definition) is 2. The number of amides is 2. The fourth-order valence-electron chi connectivity index (χ4n) is 3.68. The number of urea groups is 1. The van der Waals surface area contributed by atoms with Gasteiger partial charge in [-0.3, -0.25) is 0 Å². The van der Waals surface area contributed by atoms with Crippen molar-refractivity contribution in [3.63, 3.8) is 0 Å². The van der Waals surface area contributed by atoms with Gasteiger partial charge in [-0.15, -0.1) is 0 Å². The molecule has 0 bridgehead atoms. The molecule has 0 aliphatic carbocycles. The first kappa shape index (κ1) is 20.4. The van der Waals surface area contributed by atoms with Gasteiger partial charge in [-0.1, -0.05) is 30.3 Å². The largest absolute Gasteiger partial charge is 0.361 e. The van der Waals surface area contributed by atoms with Crippen LogP contribution in [0.1, 0.15) is 5.56 Å². The Morgan fingerprint density at radius 3 is 2.50 bits per heavy atom. The summed E-state index contributed by atoms with van der Waals surface area (Å²) in [7, 11) is -3.91. The summed E-state index contributed by atoms with van der Waals surface area (Å²) in [6.45, 7) is 1.26. The molecule has 9 heteroatoms. The molecule has 158 valence electrons. The number of benzene rings is 2. The van der Waals surface area contributed by atoms with Crippen molar-refractivity contribution in [1.29, 1.82) is 0 Å². The van der Waals surface area contributed by atoms with Crippen LogP contribution in [0.4, 0.5) is 9.18 Å². The summed E-state index contributed by atoms with van der Waals surface area (Å²) in [5, 5.41) is 4.03. The molecule has 7 nitrogen and oxygen atoms in total. The van der Waals surface area contributed by atoms with Crippen LogP contribution in [-0.4, -0.2) is 61.4 Å². The second-order valence-corrected chi connectivity index (χ2v) is 9.07. The molecule has 30 heavy (non-hydrogen) atoms. The van der Waals surface area contributed by atoms with Gasteiger partial charge in [0.05, 0.1) is 0 Å². The average molecular weight is 431 g/mol. The van der Waals surface area contributed by atoms with Crippen LogP contribution in [0, 0.1) is 5.82 Å². The van der Waals surface area contributed by atoms with Crippen molar-refractivity contribution in [3.05, 3.63) is 66.1 Å². The lowest BCUT2D eigenvalue weighted by molar-refractivity contribution is 0.172. The monoisotopic (exact) mass is 430 g/mol. The normalized spacial score (nSPS) is 15.4. The van der Waals surface area contributed by atoms with Crippen LogP contribution in [0.25, 0.3) is 10.9 Å². The maximum atomic E-state index is 13.9. The number of nitrogens with one attached hydrogen (secondary N) is 2. The van der Waals surface area contributed by atoms with E-state index in [1.165, 1.54) is 22.5 Å². The minimum absolute atomic E-state index is 0.131. The molecule has 2 aromatic carbocycles. The van der Waals surface area contributed by atoms with Crippen LogP contribution in [0.5, 0.6) is 0 Å². The fourth-order valence-corrected chi connectivity index (χ4v) is 5.17. The van der Waals surface area contributed by atoms with Crippen molar-refractivity contribution in [2.45, 2.75) is 11.3 Å². The summed E-state index contributed by atoms with van der Waals surface area (Å²) in [4.78, 5) is 16.9. The average Bonchev–Trinajstić information content (AvgIpc) is 3.17. The Kier molecular flexibility index (Phi) is 5.74. The van der Waals surface area contributed by atoms with Gasteiger partial charge in [-0.2, -0.15) is 4.31 Å². The van der Waals surface area contributed by atoms with E-state index in [0.29, 0.717) is 13.0 Å². The number of fused-ring (bicyclic) bond motifs is 1. The minimum Gasteiger partial charge on any atom is -0.361 e. The van der Waals surface area contributed by atoms with Crippen molar-refractivity contribution < 1.29 is 17.6 Å². The number of piperazine rings is 1. The van der Waals surface area contributed by atoms with Crippen LogP contribution >= 0.6 is 0 Å². The Morgan fingerprint density at radius 2 is 1.73 bits per heavy atom. The van der Waals surface area contributed by atoms with Gasteiger partial charge in [0.2, 0.25) is 10.0 Å². The van der Waals surface area contributed by atoms with Gasteiger partial charge in [0, 0.05) is 49.8 Å². The number of sulfonamides is 1. The molecule has 4 rings (SSSR count). The fraction of sp³-hybridized carbons (Fsp3) is 0.286. The van der Waals surface area contributed by atoms with E-state index in [2.05, 4.69) is 10.3 Å². The number of halogens is 1. The molecule has 2 heterocycles. The minimum atomic E-state index is -3.91. The van der Waals surface area contributed by atoms with Gasteiger partial charge in [-0.05, 0) is 30.2 Å². The molecule has 0 unspecified atom stereocenters. The topological polar surface area (TPSA) is 85.5 Å². The number of para-hydroxylation sites is 1. The van der Waals surface area contributed by atoms with Crippen LogP contribution in [0.15, 0.2) is 59.6 Å². The van der Waals surface area contributed by atoms with Crippen molar-refractivity contribution in [2.24, 2.45) is 0 Å². The summed E-state index contributed by atoms with van der Waals surface area (Å²) in [5.74, 6) is -0.769. The SMILES string of the molecule is O=C(NCCc1c[nH]c2ccccc12)N1CCN(S(=O)(=O)c2ccccc2F)CC1. The van der Waals surface area contributed by atoms with Gasteiger partial charge >= 0.3 is 6.03 Å². The van der Waals surface area contributed by atoms with Gasteiger partial charge in [-0.25, -0.2) is 17.6 Å². The number of carbonyl (C=O) groups is 1. The molecule has 2 N–H and O–H groups in total. The van der Waals surface area contributed by atoms with Crippen LogP contribution in [-0.2, 0) is 16.4 Å². The Bertz CT molecular complexity index is 1150. The number of rotatable bonds is 5. The van der Waals surface area contributed by atoms with E-state index in [9.17, 15) is 17.6 Å². The molecular weight excluding hydrogens is 407 g/mol. The van der Waals surface area contributed by atoms with Crippen molar-refractivity contribution in [2.75, 3.05) is 32.7 Å². The summed E-state index contributed by atoms with van der Waals surface area (Å²) in [5.41, 5.74) is 2.19. The Morgan fingerprint density at radius 1 is 1.03 bits per heavy atom. The molecule has 0 saturated carbocycles. The van der Waals surface area contributed by atoms with Crippen molar-refractivity contribution in [1.82, 2.24) is 19.5 Å². The highest BCUT2D eigenvalue weighted by atomic mass is 32.2. The van der Waals surface area contributed by atoms with Gasteiger partial charge in [0.1, 0.15) is 10.7 Å². The highest BCUT2D eigenvalue weighted by Crippen LogP contribution is 2.20. The van der Waals surface area contributed by atoms with E-state index in [0.717, 1.165) is 22.5 Å². The molecule has 2 amide bonds. The summed E-state index contributed by atoms with van der Waals surface area (Å²) >= 11 is 0. The number of hydrogen-bond acceptors (Lipinski definition) is 3. The first-order valence-corrected chi connectivity index (χ1v) is 11.2. The molecule has 1 aliphatic heterocycles. The predicted molar refractivity (Wildman–Crippen MR) is 112 cm³/mol. The number of nitrogens with zero attached hydrogens (tertiary/aromatic N) is 2. The highest BCUT2D eigenvalue weighted by Gasteiger charge is 2.31. The quantitative estimate of drug-likeness (QED) is 0.652. The summed E-state index contributed by atoms with van der Waals surface area (Å²) in [6, 6.07) is 13.1. The second-order valence-electron chi connectivity index (χ2n) is 7.16. The first-order chi connectivity index (χ1) is 14.5. The number of aromatic amines is 1. The molecule has 1 aliphatic rings. The number of carbonyl (C=O) groups excluding carboxylic acids is 1. The lowest BCUT2D eigenvalue weighted by atomic mass is 10.1. The molecule has 1 aromatic heterocycles. The summed E-state index contributed by atoms with van der Waals surface area (Å²) < 4.78 is 40.5. The molecule has 3 aromatic rings. The highest BCUT2D eigenvalue weighted by molar-refractivity contribution is 7.89. The van der Waals surface area contributed by atoms with Crippen LogP contribution in [0.2, 0.25) is 0 Å². The second kappa shape index (κ2) is 8.45. The third-order valence-electron chi connectivity index (χ3n) is 5.33. The van der Waals surface area contributed by atoms with Gasteiger partial charge in [0.25, 0.3) is 0 Å².